The second kappa shape index (κ2) is 8.92. The van der Waals surface area contributed by atoms with Gasteiger partial charge in [0.25, 0.3) is 5.91 Å². The Morgan fingerprint density at radius 3 is 2.17 bits per heavy atom. The highest BCUT2D eigenvalue weighted by Gasteiger charge is 2.11. The predicted molar refractivity (Wildman–Crippen MR) is 114 cm³/mol. The van der Waals surface area contributed by atoms with Gasteiger partial charge in [-0.05, 0) is 36.4 Å². The van der Waals surface area contributed by atoms with E-state index in [1.54, 1.807) is 25.3 Å². The average Bonchev–Trinajstić information content (AvgIpc) is 2.74. The lowest BCUT2D eigenvalue weighted by Gasteiger charge is -2.13. The number of rotatable bonds is 7. The maximum absolute atomic E-state index is 12.4. The zero-order valence-corrected chi connectivity index (χ0v) is 16.8. The van der Waals surface area contributed by atoms with Gasteiger partial charge in [0.2, 0.25) is 0 Å². The quantitative estimate of drug-likeness (QED) is 0.634. The van der Waals surface area contributed by atoms with E-state index in [-0.39, 0.29) is 11.6 Å². The molecule has 0 fully saturated rings. The number of ether oxygens (including phenoxy) is 2. The summed E-state index contributed by atoms with van der Waals surface area (Å²) in [6.07, 6.45) is 2.94. The van der Waals surface area contributed by atoms with E-state index in [9.17, 15) is 4.79 Å². The standard InChI is InChI=1S/C21H23N5O3/c1-26(2)16-8-5-14(6-9-16)24-20-13-22-17(12-23-20)21(27)25-15-7-10-18(28-3)19(11-15)29-4/h5-13H,1-4H3,(H,23,24)(H,25,27). The van der Waals surface area contributed by atoms with Crippen molar-refractivity contribution < 1.29 is 14.3 Å². The van der Waals surface area contributed by atoms with E-state index in [0.29, 0.717) is 23.0 Å². The van der Waals surface area contributed by atoms with Gasteiger partial charge in [0.15, 0.2) is 11.5 Å². The summed E-state index contributed by atoms with van der Waals surface area (Å²) in [6.45, 7) is 0. The molecule has 1 aromatic heterocycles. The topological polar surface area (TPSA) is 88.6 Å². The van der Waals surface area contributed by atoms with E-state index in [1.165, 1.54) is 19.5 Å². The molecule has 0 radical (unpaired) electrons. The van der Waals surface area contributed by atoms with E-state index in [0.717, 1.165) is 11.4 Å². The van der Waals surface area contributed by atoms with Gasteiger partial charge in [0, 0.05) is 37.2 Å². The Labute approximate surface area is 169 Å². The normalized spacial score (nSPS) is 10.2. The summed E-state index contributed by atoms with van der Waals surface area (Å²) in [4.78, 5) is 22.9. The number of amides is 1. The van der Waals surface area contributed by atoms with Gasteiger partial charge in [-0.1, -0.05) is 0 Å². The highest BCUT2D eigenvalue weighted by atomic mass is 16.5. The zero-order chi connectivity index (χ0) is 20.8. The summed E-state index contributed by atoms with van der Waals surface area (Å²) in [5.41, 5.74) is 2.75. The number of hydrogen-bond acceptors (Lipinski definition) is 7. The SMILES string of the molecule is COc1ccc(NC(=O)c2cnc(Nc3ccc(N(C)C)cc3)cn2)cc1OC. The molecule has 1 amide bonds. The van der Waals surface area contributed by atoms with Crippen molar-refractivity contribution >= 4 is 28.8 Å². The molecule has 0 bridgehead atoms. The van der Waals surface area contributed by atoms with Crippen LogP contribution >= 0.6 is 0 Å². The van der Waals surface area contributed by atoms with Crippen LogP contribution in [0.4, 0.5) is 22.9 Å². The molecule has 3 rings (SSSR count). The lowest BCUT2D eigenvalue weighted by Crippen LogP contribution is -2.14. The molecule has 0 aliphatic heterocycles. The molecular weight excluding hydrogens is 370 g/mol. The number of hydrogen-bond donors (Lipinski definition) is 2. The van der Waals surface area contributed by atoms with Gasteiger partial charge in [-0.2, -0.15) is 0 Å². The Bertz CT molecular complexity index is 973. The van der Waals surface area contributed by atoms with Crippen LogP contribution in [0.25, 0.3) is 0 Å². The molecule has 0 saturated heterocycles. The molecule has 0 spiro atoms. The van der Waals surface area contributed by atoms with Gasteiger partial charge >= 0.3 is 0 Å². The molecule has 0 saturated carbocycles. The van der Waals surface area contributed by atoms with Crippen LogP contribution in [0.5, 0.6) is 11.5 Å². The third kappa shape index (κ3) is 4.92. The van der Waals surface area contributed by atoms with Crippen molar-refractivity contribution in [2.24, 2.45) is 0 Å². The lowest BCUT2D eigenvalue weighted by molar-refractivity contribution is 0.102. The third-order valence-corrected chi connectivity index (χ3v) is 4.18. The number of nitrogens with one attached hydrogen (secondary N) is 2. The molecule has 0 atom stereocenters. The maximum Gasteiger partial charge on any atom is 0.275 e. The number of aromatic nitrogens is 2. The van der Waals surface area contributed by atoms with Crippen LogP contribution in [0.3, 0.4) is 0 Å². The van der Waals surface area contributed by atoms with Crippen molar-refractivity contribution in [3.8, 4) is 11.5 Å². The summed E-state index contributed by atoms with van der Waals surface area (Å²) < 4.78 is 10.4. The minimum absolute atomic E-state index is 0.202. The van der Waals surface area contributed by atoms with Crippen molar-refractivity contribution in [1.29, 1.82) is 0 Å². The van der Waals surface area contributed by atoms with Crippen LogP contribution in [-0.2, 0) is 0 Å². The summed E-state index contributed by atoms with van der Waals surface area (Å²) in [5.74, 6) is 1.28. The van der Waals surface area contributed by atoms with Gasteiger partial charge in [-0.3, -0.25) is 4.79 Å². The van der Waals surface area contributed by atoms with Crippen molar-refractivity contribution in [3.05, 3.63) is 60.6 Å². The molecule has 2 N–H and O–H groups in total. The molecule has 2 aromatic carbocycles. The van der Waals surface area contributed by atoms with E-state index in [4.69, 9.17) is 9.47 Å². The molecule has 1 heterocycles. The van der Waals surface area contributed by atoms with Crippen LogP contribution in [0, 0.1) is 0 Å². The largest absolute Gasteiger partial charge is 0.493 e. The summed E-state index contributed by atoms with van der Waals surface area (Å²) in [5, 5.41) is 5.93. The van der Waals surface area contributed by atoms with Crippen molar-refractivity contribution in [3.63, 3.8) is 0 Å². The third-order valence-electron chi connectivity index (χ3n) is 4.18. The monoisotopic (exact) mass is 393 g/mol. The highest BCUT2D eigenvalue weighted by Crippen LogP contribution is 2.29. The first-order chi connectivity index (χ1) is 14.0. The van der Waals surface area contributed by atoms with Crippen LogP contribution in [0.1, 0.15) is 10.5 Å². The predicted octanol–water partition coefficient (Wildman–Crippen LogP) is 3.56. The molecule has 8 nitrogen and oxygen atoms in total. The maximum atomic E-state index is 12.4. The first-order valence-electron chi connectivity index (χ1n) is 8.90. The fraction of sp³-hybridized carbons (Fsp3) is 0.190. The number of benzene rings is 2. The number of carbonyl (C=O) groups excluding carboxylic acids is 1. The van der Waals surface area contributed by atoms with Gasteiger partial charge < -0.3 is 25.0 Å². The molecule has 0 aliphatic carbocycles. The lowest BCUT2D eigenvalue weighted by atomic mass is 10.2. The fourth-order valence-electron chi connectivity index (χ4n) is 2.61. The Kier molecular flexibility index (Phi) is 6.13. The molecule has 0 unspecified atom stereocenters. The second-order valence-electron chi connectivity index (χ2n) is 6.38. The smallest absolute Gasteiger partial charge is 0.275 e. The molecule has 8 heteroatoms. The Morgan fingerprint density at radius 2 is 1.59 bits per heavy atom. The number of carbonyl (C=O) groups is 1. The summed E-state index contributed by atoms with van der Waals surface area (Å²) in [7, 11) is 7.06. The van der Waals surface area contributed by atoms with Crippen molar-refractivity contribution in [2.45, 2.75) is 0 Å². The summed E-state index contributed by atoms with van der Waals surface area (Å²) in [6, 6.07) is 13.0. The van der Waals surface area contributed by atoms with Crippen LogP contribution in [0.2, 0.25) is 0 Å². The van der Waals surface area contributed by atoms with E-state index < -0.39 is 0 Å². The summed E-state index contributed by atoms with van der Waals surface area (Å²) >= 11 is 0. The van der Waals surface area contributed by atoms with Gasteiger partial charge in [-0.25, -0.2) is 9.97 Å². The molecular formula is C21H23N5O3. The van der Waals surface area contributed by atoms with Crippen LogP contribution in [0.15, 0.2) is 54.9 Å². The average molecular weight is 393 g/mol. The van der Waals surface area contributed by atoms with Gasteiger partial charge in [0.1, 0.15) is 11.5 Å². The highest BCUT2D eigenvalue weighted by molar-refractivity contribution is 6.02. The van der Waals surface area contributed by atoms with Crippen LogP contribution < -0.4 is 25.0 Å². The number of anilines is 4. The molecule has 29 heavy (non-hydrogen) atoms. The van der Waals surface area contributed by atoms with Gasteiger partial charge in [0.05, 0.1) is 26.6 Å². The Hall–Kier alpha value is -3.81. The van der Waals surface area contributed by atoms with Crippen molar-refractivity contribution in [2.75, 3.05) is 43.8 Å². The van der Waals surface area contributed by atoms with Gasteiger partial charge in [-0.15, -0.1) is 0 Å². The van der Waals surface area contributed by atoms with E-state index >= 15 is 0 Å². The van der Waals surface area contributed by atoms with E-state index in [2.05, 4.69) is 20.6 Å². The molecule has 150 valence electrons. The first-order valence-corrected chi connectivity index (χ1v) is 8.90. The van der Waals surface area contributed by atoms with E-state index in [1.807, 2.05) is 43.3 Å². The fourth-order valence-corrected chi connectivity index (χ4v) is 2.61. The first kappa shape index (κ1) is 19.9. The zero-order valence-electron chi connectivity index (χ0n) is 16.8. The Balaban J connectivity index is 1.65. The molecule has 3 aromatic rings. The molecule has 0 aliphatic rings. The van der Waals surface area contributed by atoms with Crippen molar-refractivity contribution in [1.82, 2.24) is 9.97 Å². The second-order valence-corrected chi connectivity index (χ2v) is 6.38. The number of nitrogens with zero attached hydrogens (tertiary/aromatic N) is 3. The van der Waals surface area contributed by atoms with Crippen LogP contribution in [-0.4, -0.2) is 44.2 Å². The minimum atomic E-state index is -0.369. The number of methoxy groups -OCH3 is 2. The minimum Gasteiger partial charge on any atom is -0.493 e. The Morgan fingerprint density at radius 1 is 0.897 bits per heavy atom.